The number of nitrogens with zero attached hydrogens (tertiary/aromatic N) is 4. The number of anilines is 1. The highest BCUT2D eigenvalue weighted by Crippen LogP contribution is 2.40. The zero-order valence-electron chi connectivity index (χ0n) is 14.0. The molecule has 4 rings (SSSR count). The van der Waals surface area contributed by atoms with Crippen molar-refractivity contribution in [2.45, 2.75) is 50.9 Å². The lowest BCUT2D eigenvalue weighted by molar-refractivity contribution is -0.127. The molecule has 0 radical (unpaired) electrons. The Morgan fingerprint density at radius 3 is 2.75 bits per heavy atom. The van der Waals surface area contributed by atoms with Gasteiger partial charge in [-0.05, 0) is 37.5 Å². The predicted molar refractivity (Wildman–Crippen MR) is 93.7 cm³/mol. The maximum atomic E-state index is 13.0. The van der Waals surface area contributed by atoms with Crippen LogP contribution in [0.15, 0.2) is 6.20 Å². The van der Waals surface area contributed by atoms with E-state index in [1.807, 2.05) is 11.1 Å². The summed E-state index contributed by atoms with van der Waals surface area (Å²) >= 11 is 1.71. The summed E-state index contributed by atoms with van der Waals surface area (Å²) in [5.41, 5.74) is 0. The van der Waals surface area contributed by atoms with Crippen molar-refractivity contribution >= 4 is 22.4 Å². The van der Waals surface area contributed by atoms with Crippen molar-refractivity contribution in [2.75, 3.05) is 24.5 Å². The number of carbonyl (C=O) groups is 1. The van der Waals surface area contributed by atoms with Crippen LogP contribution in [-0.2, 0) is 4.79 Å². The number of likely N-dealkylation sites (tertiary alicyclic amines) is 1. The van der Waals surface area contributed by atoms with Crippen LogP contribution < -0.4 is 4.90 Å². The SMILES string of the molecule is N#CN1CC[C@H]2CCN(c3ncc(C4CCCCC4)s3)C(=O)[C@H]2C1. The zero-order chi connectivity index (χ0) is 16.5. The largest absolute Gasteiger partial charge is 0.310 e. The number of aromatic nitrogens is 1. The molecule has 1 aliphatic carbocycles. The molecule has 1 saturated carbocycles. The Bertz CT molecular complexity index is 646. The smallest absolute Gasteiger partial charge is 0.233 e. The minimum atomic E-state index is -0.0332. The first kappa shape index (κ1) is 15.9. The Hall–Kier alpha value is -1.61. The number of piperidine rings is 2. The van der Waals surface area contributed by atoms with Crippen LogP contribution >= 0.6 is 11.3 Å². The van der Waals surface area contributed by atoms with Crippen LogP contribution in [0.4, 0.5) is 5.13 Å². The molecule has 1 aromatic rings. The summed E-state index contributed by atoms with van der Waals surface area (Å²) in [7, 11) is 0. The van der Waals surface area contributed by atoms with Crippen molar-refractivity contribution in [3.8, 4) is 6.19 Å². The second-order valence-corrected chi connectivity index (χ2v) is 8.40. The molecule has 2 saturated heterocycles. The molecule has 3 aliphatic rings. The topological polar surface area (TPSA) is 60.2 Å². The normalized spacial score (nSPS) is 28.5. The summed E-state index contributed by atoms with van der Waals surface area (Å²) in [6.07, 6.45) is 12.7. The standard InChI is InChI=1S/C18H24N4OS/c19-12-21-8-6-13-7-9-22(17(23)15(13)11-21)18-20-10-16(24-18)14-4-2-1-3-5-14/h10,13-15H,1-9,11H2/t13-,15-/m0/s1. The first-order valence-electron chi connectivity index (χ1n) is 9.18. The molecule has 0 bridgehead atoms. The third-order valence-corrected chi connectivity index (χ3v) is 7.14. The highest BCUT2D eigenvalue weighted by atomic mass is 32.1. The highest BCUT2D eigenvalue weighted by Gasteiger charge is 2.41. The van der Waals surface area contributed by atoms with Gasteiger partial charge in [-0.15, -0.1) is 11.3 Å². The molecule has 2 aliphatic heterocycles. The average molecular weight is 344 g/mol. The van der Waals surface area contributed by atoms with E-state index in [1.165, 1.54) is 37.0 Å². The Balaban J connectivity index is 1.49. The number of hydrogen-bond donors (Lipinski definition) is 0. The summed E-state index contributed by atoms with van der Waals surface area (Å²) in [5.74, 6) is 1.22. The number of amides is 1. The second kappa shape index (κ2) is 6.72. The predicted octanol–water partition coefficient (Wildman–Crippen LogP) is 3.35. The van der Waals surface area contributed by atoms with Crippen molar-refractivity contribution in [3.05, 3.63) is 11.1 Å². The van der Waals surface area contributed by atoms with Crippen molar-refractivity contribution in [3.63, 3.8) is 0 Å². The lowest BCUT2D eigenvalue weighted by Gasteiger charge is -2.41. The first-order valence-corrected chi connectivity index (χ1v) is 9.99. The van der Waals surface area contributed by atoms with E-state index in [4.69, 9.17) is 5.26 Å². The number of fused-ring (bicyclic) bond motifs is 1. The summed E-state index contributed by atoms with van der Waals surface area (Å²) in [6, 6.07) is 0. The molecular weight excluding hydrogens is 320 g/mol. The van der Waals surface area contributed by atoms with E-state index in [1.54, 1.807) is 16.2 Å². The highest BCUT2D eigenvalue weighted by molar-refractivity contribution is 7.15. The monoisotopic (exact) mass is 344 g/mol. The van der Waals surface area contributed by atoms with E-state index >= 15 is 0 Å². The number of rotatable bonds is 2. The Kier molecular flexibility index (Phi) is 4.45. The van der Waals surface area contributed by atoms with E-state index in [0.717, 1.165) is 31.1 Å². The fourth-order valence-electron chi connectivity index (χ4n) is 4.49. The van der Waals surface area contributed by atoms with Crippen LogP contribution in [0.25, 0.3) is 0 Å². The van der Waals surface area contributed by atoms with Crippen molar-refractivity contribution < 1.29 is 4.79 Å². The molecule has 5 nitrogen and oxygen atoms in total. The molecule has 0 unspecified atom stereocenters. The Morgan fingerprint density at radius 2 is 1.96 bits per heavy atom. The van der Waals surface area contributed by atoms with E-state index in [9.17, 15) is 4.79 Å². The van der Waals surface area contributed by atoms with E-state index in [-0.39, 0.29) is 11.8 Å². The molecule has 0 N–H and O–H groups in total. The van der Waals surface area contributed by atoms with Gasteiger partial charge in [0.2, 0.25) is 5.91 Å². The fourth-order valence-corrected chi connectivity index (χ4v) is 5.60. The van der Waals surface area contributed by atoms with Gasteiger partial charge in [0, 0.05) is 30.7 Å². The molecule has 0 aromatic carbocycles. The third-order valence-electron chi connectivity index (χ3n) is 5.95. The van der Waals surface area contributed by atoms with Gasteiger partial charge in [-0.1, -0.05) is 19.3 Å². The van der Waals surface area contributed by atoms with Gasteiger partial charge < -0.3 is 4.90 Å². The van der Waals surface area contributed by atoms with Gasteiger partial charge in [0.1, 0.15) is 0 Å². The van der Waals surface area contributed by atoms with Crippen LogP contribution in [0, 0.1) is 23.3 Å². The maximum Gasteiger partial charge on any atom is 0.233 e. The summed E-state index contributed by atoms with van der Waals surface area (Å²) in [6.45, 7) is 2.16. The van der Waals surface area contributed by atoms with Crippen molar-refractivity contribution in [2.24, 2.45) is 11.8 Å². The van der Waals surface area contributed by atoms with Gasteiger partial charge in [0.15, 0.2) is 11.3 Å². The summed E-state index contributed by atoms with van der Waals surface area (Å²) in [5, 5.41) is 10.0. The van der Waals surface area contributed by atoms with Gasteiger partial charge in [-0.2, -0.15) is 5.26 Å². The second-order valence-electron chi connectivity index (χ2n) is 7.36. The van der Waals surface area contributed by atoms with Crippen LogP contribution in [0.5, 0.6) is 0 Å². The molecule has 1 amide bonds. The maximum absolute atomic E-state index is 13.0. The number of hydrogen-bond acceptors (Lipinski definition) is 5. The van der Waals surface area contributed by atoms with E-state index in [0.29, 0.717) is 18.4 Å². The fraction of sp³-hybridized carbons (Fsp3) is 0.722. The van der Waals surface area contributed by atoms with Crippen LogP contribution in [-0.4, -0.2) is 35.4 Å². The first-order chi connectivity index (χ1) is 11.8. The quantitative estimate of drug-likeness (QED) is 0.772. The average Bonchev–Trinajstić information content (AvgIpc) is 3.12. The van der Waals surface area contributed by atoms with Crippen LogP contribution in [0.3, 0.4) is 0 Å². The molecule has 3 fully saturated rings. The van der Waals surface area contributed by atoms with Crippen LogP contribution in [0.2, 0.25) is 0 Å². The molecule has 128 valence electrons. The number of thiazole rings is 1. The lowest BCUT2D eigenvalue weighted by atomic mass is 9.80. The molecule has 3 heterocycles. The minimum Gasteiger partial charge on any atom is -0.310 e. The Morgan fingerprint density at radius 1 is 1.17 bits per heavy atom. The summed E-state index contributed by atoms with van der Waals surface area (Å²) < 4.78 is 0. The lowest BCUT2D eigenvalue weighted by Crippen LogP contribution is -2.52. The number of nitriles is 1. The molecule has 24 heavy (non-hydrogen) atoms. The van der Waals surface area contributed by atoms with Crippen LogP contribution in [0.1, 0.15) is 55.7 Å². The minimum absolute atomic E-state index is 0.0332. The third kappa shape index (κ3) is 2.90. The van der Waals surface area contributed by atoms with E-state index in [2.05, 4.69) is 11.2 Å². The molecule has 1 aromatic heterocycles. The molecule has 2 atom stereocenters. The summed E-state index contributed by atoms with van der Waals surface area (Å²) in [4.78, 5) is 22.5. The van der Waals surface area contributed by atoms with Gasteiger partial charge in [-0.3, -0.25) is 9.69 Å². The molecular formula is C18H24N4OS. The van der Waals surface area contributed by atoms with Crippen molar-refractivity contribution in [1.82, 2.24) is 9.88 Å². The van der Waals surface area contributed by atoms with Crippen molar-refractivity contribution in [1.29, 1.82) is 5.26 Å². The van der Waals surface area contributed by atoms with E-state index < -0.39 is 0 Å². The zero-order valence-corrected chi connectivity index (χ0v) is 14.8. The van der Waals surface area contributed by atoms with Gasteiger partial charge in [0.05, 0.1) is 5.92 Å². The number of carbonyl (C=O) groups excluding carboxylic acids is 1. The molecule has 0 spiro atoms. The van der Waals surface area contributed by atoms with Gasteiger partial charge in [-0.25, -0.2) is 4.98 Å². The Labute approximate surface area is 147 Å². The van der Waals surface area contributed by atoms with Gasteiger partial charge in [0.25, 0.3) is 0 Å². The van der Waals surface area contributed by atoms with Gasteiger partial charge >= 0.3 is 0 Å². The molecule has 6 heteroatoms.